The Balaban J connectivity index is 1.62. The number of carbonyl (C=O) groups excluding carboxylic acids is 1. The van der Waals surface area contributed by atoms with Crippen LogP contribution in [0.5, 0.6) is 0 Å². The molecule has 0 aliphatic carbocycles. The van der Waals surface area contributed by atoms with E-state index in [1.807, 2.05) is 0 Å². The number of hydrogen-bond donors (Lipinski definition) is 1. The fraction of sp³-hybridized carbons (Fsp3) is 0.208. The van der Waals surface area contributed by atoms with E-state index in [1.54, 1.807) is 60.7 Å². The lowest BCUT2D eigenvalue weighted by atomic mass is 10.2. The number of piperazine rings is 1. The highest BCUT2D eigenvalue weighted by Gasteiger charge is 2.43. The van der Waals surface area contributed by atoms with E-state index in [2.05, 4.69) is 5.32 Å². The van der Waals surface area contributed by atoms with Gasteiger partial charge in [0, 0.05) is 31.2 Å². The number of carbonyl (C=O) groups is 1. The van der Waals surface area contributed by atoms with Crippen LogP contribution in [-0.2, 0) is 31.4 Å². The second-order valence-corrected chi connectivity index (χ2v) is 12.2. The molecule has 1 aliphatic rings. The smallest absolute Gasteiger partial charge is 0.243 e. The van der Waals surface area contributed by atoms with E-state index in [1.165, 1.54) is 24.3 Å². The largest absolute Gasteiger partial charge is 0.351 e. The molecule has 1 aliphatic heterocycles. The van der Waals surface area contributed by atoms with E-state index in [4.69, 9.17) is 11.6 Å². The van der Waals surface area contributed by atoms with Gasteiger partial charge in [0.25, 0.3) is 0 Å². The van der Waals surface area contributed by atoms with Crippen LogP contribution in [0, 0.1) is 0 Å². The van der Waals surface area contributed by atoms with Gasteiger partial charge in [-0.05, 0) is 42.0 Å². The number of nitrogens with one attached hydrogen (secondary N) is 1. The highest BCUT2D eigenvalue weighted by molar-refractivity contribution is 7.89. The number of amides is 1. The van der Waals surface area contributed by atoms with Gasteiger partial charge in [0.1, 0.15) is 6.04 Å². The summed E-state index contributed by atoms with van der Waals surface area (Å²) in [5.74, 6) is -0.590. The first-order chi connectivity index (χ1) is 16.7. The molecule has 0 spiro atoms. The fourth-order valence-electron chi connectivity index (χ4n) is 3.84. The lowest BCUT2D eigenvalue weighted by Crippen LogP contribution is -2.61. The van der Waals surface area contributed by atoms with E-state index in [0.29, 0.717) is 5.02 Å². The fourth-order valence-corrected chi connectivity index (χ4v) is 7.02. The molecule has 0 saturated carbocycles. The predicted octanol–water partition coefficient (Wildman–Crippen LogP) is 2.72. The van der Waals surface area contributed by atoms with Gasteiger partial charge >= 0.3 is 0 Å². The first-order valence-corrected chi connectivity index (χ1v) is 14.1. The molecule has 3 aromatic carbocycles. The minimum Gasteiger partial charge on any atom is -0.351 e. The van der Waals surface area contributed by atoms with Gasteiger partial charge in [-0.25, -0.2) is 16.8 Å². The van der Waals surface area contributed by atoms with Crippen molar-refractivity contribution in [2.24, 2.45) is 0 Å². The molecule has 0 bridgehead atoms. The maximum Gasteiger partial charge on any atom is 0.243 e. The standard InChI is InChI=1S/C24H24ClN3O5S2/c25-20-13-11-19(12-14-20)17-26-24(29)23-18-27(34(30,31)21-7-3-1-4-8-21)15-16-28(23)35(32,33)22-9-5-2-6-10-22/h1-14,23H,15-18H2,(H,26,29). The number of rotatable bonds is 7. The SMILES string of the molecule is O=C(NCc1ccc(Cl)cc1)C1CN(S(=O)(=O)c2ccccc2)CCN1S(=O)(=O)c1ccccc1. The van der Waals surface area contributed by atoms with E-state index in [-0.39, 0.29) is 36.0 Å². The number of hydrogen-bond acceptors (Lipinski definition) is 5. The molecule has 0 radical (unpaired) electrons. The summed E-state index contributed by atoms with van der Waals surface area (Å²) in [6.45, 7) is -0.417. The van der Waals surface area contributed by atoms with Crippen molar-refractivity contribution in [1.29, 1.82) is 0 Å². The number of benzene rings is 3. The molecular formula is C24H24ClN3O5S2. The molecule has 8 nitrogen and oxygen atoms in total. The number of halogens is 1. The molecule has 11 heteroatoms. The molecule has 1 fully saturated rings. The summed E-state index contributed by atoms with van der Waals surface area (Å²) in [6.07, 6.45) is 0. The minimum atomic E-state index is -4.04. The van der Waals surface area contributed by atoms with E-state index >= 15 is 0 Å². The molecule has 1 saturated heterocycles. The summed E-state index contributed by atoms with van der Waals surface area (Å²) in [7, 11) is -7.96. The van der Waals surface area contributed by atoms with Gasteiger partial charge in [-0.15, -0.1) is 0 Å². The van der Waals surface area contributed by atoms with Gasteiger partial charge in [-0.1, -0.05) is 60.1 Å². The van der Waals surface area contributed by atoms with Crippen molar-refractivity contribution in [3.63, 3.8) is 0 Å². The molecule has 35 heavy (non-hydrogen) atoms. The zero-order valence-corrected chi connectivity index (χ0v) is 21.0. The number of sulfonamides is 2. The van der Waals surface area contributed by atoms with Crippen LogP contribution in [0.25, 0.3) is 0 Å². The molecular weight excluding hydrogens is 510 g/mol. The van der Waals surface area contributed by atoms with Crippen LogP contribution >= 0.6 is 11.6 Å². The Morgan fingerprint density at radius 3 is 1.91 bits per heavy atom. The molecule has 184 valence electrons. The lowest BCUT2D eigenvalue weighted by Gasteiger charge is -2.38. The van der Waals surface area contributed by atoms with Gasteiger partial charge in [0.15, 0.2) is 0 Å². The van der Waals surface area contributed by atoms with Gasteiger partial charge < -0.3 is 5.32 Å². The van der Waals surface area contributed by atoms with E-state index in [9.17, 15) is 21.6 Å². The first kappa shape index (κ1) is 25.3. The molecule has 0 aromatic heterocycles. The Morgan fingerprint density at radius 2 is 1.34 bits per heavy atom. The zero-order valence-electron chi connectivity index (χ0n) is 18.6. The summed E-state index contributed by atoms with van der Waals surface area (Å²) in [6, 6.07) is 21.3. The average Bonchev–Trinajstić information content (AvgIpc) is 2.89. The predicted molar refractivity (Wildman–Crippen MR) is 133 cm³/mol. The van der Waals surface area contributed by atoms with E-state index < -0.39 is 32.0 Å². The summed E-state index contributed by atoms with van der Waals surface area (Å²) in [4.78, 5) is 13.4. The minimum absolute atomic E-state index is 0.0369. The molecule has 1 atom stereocenters. The first-order valence-electron chi connectivity index (χ1n) is 10.8. The van der Waals surface area contributed by atoms with Crippen LogP contribution in [0.15, 0.2) is 94.7 Å². The van der Waals surface area contributed by atoms with E-state index in [0.717, 1.165) is 14.2 Å². The van der Waals surface area contributed by atoms with Crippen molar-refractivity contribution in [3.05, 3.63) is 95.5 Å². The van der Waals surface area contributed by atoms with Gasteiger partial charge in [-0.2, -0.15) is 8.61 Å². The van der Waals surface area contributed by atoms with Crippen LogP contribution in [-0.4, -0.2) is 57.0 Å². The van der Waals surface area contributed by atoms with Gasteiger partial charge in [0.2, 0.25) is 26.0 Å². The van der Waals surface area contributed by atoms with Crippen molar-refractivity contribution in [2.45, 2.75) is 22.4 Å². The maximum absolute atomic E-state index is 13.4. The molecule has 1 unspecified atom stereocenters. The Bertz CT molecular complexity index is 1380. The highest BCUT2D eigenvalue weighted by atomic mass is 35.5. The topological polar surface area (TPSA) is 104 Å². The monoisotopic (exact) mass is 533 g/mol. The lowest BCUT2D eigenvalue weighted by molar-refractivity contribution is -0.126. The third kappa shape index (κ3) is 5.57. The van der Waals surface area contributed by atoms with Crippen molar-refractivity contribution in [1.82, 2.24) is 13.9 Å². The van der Waals surface area contributed by atoms with Crippen LogP contribution in [0.1, 0.15) is 5.56 Å². The van der Waals surface area contributed by atoms with Crippen molar-refractivity contribution < 1.29 is 21.6 Å². The second kappa shape index (κ2) is 10.5. The van der Waals surface area contributed by atoms with Gasteiger partial charge in [-0.3, -0.25) is 4.79 Å². The van der Waals surface area contributed by atoms with Gasteiger partial charge in [0.05, 0.1) is 9.79 Å². The third-order valence-corrected chi connectivity index (χ3v) is 9.76. The normalized spacial score (nSPS) is 17.7. The van der Waals surface area contributed by atoms with Crippen molar-refractivity contribution >= 4 is 37.6 Å². The Labute approximate surface area is 210 Å². The summed E-state index contributed by atoms with van der Waals surface area (Å²) in [5, 5.41) is 3.29. The third-order valence-electron chi connectivity index (χ3n) is 5.71. The van der Waals surface area contributed by atoms with Crippen LogP contribution in [0.2, 0.25) is 5.02 Å². The Morgan fingerprint density at radius 1 is 0.800 bits per heavy atom. The Kier molecular flexibility index (Phi) is 7.58. The maximum atomic E-state index is 13.4. The molecule has 1 amide bonds. The molecule has 4 rings (SSSR count). The second-order valence-electron chi connectivity index (χ2n) is 7.96. The molecule has 1 N–H and O–H groups in total. The Hall–Kier alpha value is -2.76. The molecule has 1 heterocycles. The summed E-state index contributed by atoms with van der Waals surface area (Å²) >= 11 is 5.91. The van der Waals surface area contributed by atoms with Crippen molar-refractivity contribution in [3.8, 4) is 0 Å². The van der Waals surface area contributed by atoms with Crippen molar-refractivity contribution in [2.75, 3.05) is 19.6 Å². The quantitative estimate of drug-likeness (QED) is 0.503. The van der Waals surface area contributed by atoms with Crippen LogP contribution < -0.4 is 5.32 Å². The summed E-state index contributed by atoms with van der Waals surface area (Å²) in [5.41, 5.74) is 0.768. The highest BCUT2D eigenvalue weighted by Crippen LogP contribution is 2.25. The zero-order chi connectivity index (χ0) is 25.1. The van der Waals surface area contributed by atoms with Crippen LogP contribution in [0.4, 0.5) is 0 Å². The van der Waals surface area contributed by atoms with Crippen LogP contribution in [0.3, 0.4) is 0 Å². The number of nitrogens with zero attached hydrogens (tertiary/aromatic N) is 2. The molecule has 3 aromatic rings. The summed E-state index contributed by atoms with van der Waals surface area (Å²) < 4.78 is 55.5. The average molecular weight is 534 g/mol.